The van der Waals surface area contributed by atoms with E-state index in [1.165, 1.54) is 0 Å². The summed E-state index contributed by atoms with van der Waals surface area (Å²) in [5, 5.41) is 10.0. The molecule has 2 nitrogen and oxygen atoms in total. The Morgan fingerprint density at radius 2 is 0.926 bits per heavy atom. The average Bonchev–Trinajstić information content (AvgIpc) is 2.74. The average molecular weight is 350 g/mol. The molecule has 2 heteroatoms. The van der Waals surface area contributed by atoms with Crippen LogP contribution in [0.15, 0.2) is 103 Å². The van der Waals surface area contributed by atoms with Gasteiger partial charge in [-0.3, -0.25) is 0 Å². The minimum atomic E-state index is -0.924. The van der Waals surface area contributed by atoms with E-state index in [1.54, 1.807) is 0 Å². The molecule has 0 saturated carbocycles. The molecule has 0 aromatic heterocycles. The van der Waals surface area contributed by atoms with E-state index in [-0.39, 0.29) is 0 Å². The zero-order valence-electron chi connectivity index (χ0n) is 14.7. The Morgan fingerprint density at radius 3 is 1.52 bits per heavy atom. The van der Waals surface area contributed by atoms with Crippen molar-refractivity contribution in [1.29, 1.82) is 0 Å². The molecular weight excluding hydrogens is 332 g/mol. The van der Waals surface area contributed by atoms with Gasteiger partial charge in [-0.15, -0.1) is 0 Å². The Bertz CT molecular complexity index is 1080. The number of hydrogen-bond acceptors (Lipinski definition) is 1. The van der Waals surface area contributed by atoms with Crippen LogP contribution < -0.4 is 0 Å². The molecule has 130 valence electrons. The lowest BCUT2D eigenvalue weighted by molar-refractivity contribution is 0.0698. The number of carbonyl (C=O) groups is 1. The zero-order valence-corrected chi connectivity index (χ0v) is 14.7. The van der Waals surface area contributed by atoms with Gasteiger partial charge in [0.2, 0.25) is 0 Å². The van der Waals surface area contributed by atoms with E-state index >= 15 is 0 Å². The fourth-order valence-corrected chi connectivity index (χ4v) is 3.45. The number of carboxylic acid groups (broad SMARTS) is 1. The molecule has 0 unspecified atom stereocenters. The standard InChI is InChI=1S/C25H18O2/c26-25(27)24-21(19-12-5-2-6-13-19)16-9-17-23(24)22-15-8-7-14-20(22)18-10-3-1-4-11-18/h1-17H,(H,26,27). The maximum absolute atomic E-state index is 12.2. The fraction of sp³-hybridized carbons (Fsp3) is 0. The summed E-state index contributed by atoms with van der Waals surface area (Å²) in [7, 11) is 0. The normalized spacial score (nSPS) is 10.5. The van der Waals surface area contributed by atoms with Crippen LogP contribution in [0.25, 0.3) is 33.4 Å². The van der Waals surface area contributed by atoms with E-state index in [4.69, 9.17) is 0 Å². The molecule has 0 amide bonds. The Hall–Kier alpha value is -3.65. The van der Waals surface area contributed by atoms with E-state index < -0.39 is 5.97 Å². The van der Waals surface area contributed by atoms with Gasteiger partial charge in [0, 0.05) is 0 Å². The molecular formula is C25H18O2. The number of hydrogen-bond donors (Lipinski definition) is 1. The van der Waals surface area contributed by atoms with Crippen LogP contribution in [0.1, 0.15) is 10.4 Å². The van der Waals surface area contributed by atoms with Gasteiger partial charge in [0.15, 0.2) is 0 Å². The molecule has 4 aromatic rings. The van der Waals surface area contributed by atoms with Crippen molar-refractivity contribution in [1.82, 2.24) is 0 Å². The van der Waals surface area contributed by atoms with Gasteiger partial charge in [0.25, 0.3) is 0 Å². The van der Waals surface area contributed by atoms with Crippen LogP contribution in [-0.2, 0) is 0 Å². The monoisotopic (exact) mass is 350 g/mol. The van der Waals surface area contributed by atoms with Crippen LogP contribution in [0.4, 0.5) is 0 Å². The lowest BCUT2D eigenvalue weighted by atomic mass is 9.88. The SMILES string of the molecule is O=C(O)c1c(-c2ccccc2)cccc1-c1ccccc1-c1ccccc1. The molecule has 0 saturated heterocycles. The molecule has 0 radical (unpaired) electrons. The Labute approximate surface area is 158 Å². The zero-order chi connectivity index (χ0) is 18.6. The summed E-state index contributed by atoms with van der Waals surface area (Å²) < 4.78 is 0. The van der Waals surface area contributed by atoms with Gasteiger partial charge < -0.3 is 5.11 Å². The van der Waals surface area contributed by atoms with Crippen LogP contribution >= 0.6 is 0 Å². The third-order valence-corrected chi connectivity index (χ3v) is 4.67. The fourth-order valence-electron chi connectivity index (χ4n) is 3.45. The molecule has 1 N–H and O–H groups in total. The molecule has 4 rings (SSSR count). The molecule has 27 heavy (non-hydrogen) atoms. The van der Waals surface area contributed by atoms with Crippen LogP contribution in [0.3, 0.4) is 0 Å². The van der Waals surface area contributed by atoms with Gasteiger partial charge in [-0.05, 0) is 33.4 Å². The molecule has 0 spiro atoms. The van der Waals surface area contributed by atoms with E-state index in [2.05, 4.69) is 0 Å². The Morgan fingerprint density at radius 1 is 0.481 bits per heavy atom. The van der Waals surface area contributed by atoms with Crippen LogP contribution in [0, 0.1) is 0 Å². The molecule has 4 aromatic carbocycles. The van der Waals surface area contributed by atoms with Crippen molar-refractivity contribution in [3.05, 3.63) is 109 Å². The summed E-state index contributed by atoms with van der Waals surface area (Å²) in [6.07, 6.45) is 0. The van der Waals surface area contributed by atoms with Gasteiger partial charge in [0.05, 0.1) is 5.56 Å². The number of benzene rings is 4. The molecule has 0 aliphatic rings. The first-order valence-electron chi connectivity index (χ1n) is 8.82. The summed E-state index contributed by atoms with van der Waals surface area (Å²) in [5.41, 5.74) is 5.67. The maximum atomic E-state index is 12.2. The Balaban J connectivity index is 1.98. The highest BCUT2D eigenvalue weighted by atomic mass is 16.4. The largest absolute Gasteiger partial charge is 0.478 e. The third kappa shape index (κ3) is 3.25. The molecule has 0 fully saturated rings. The van der Waals surface area contributed by atoms with E-state index in [0.717, 1.165) is 33.4 Å². The van der Waals surface area contributed by atoms with Gasteiger partial charge >= 0.3 is 5.97 Å². The lowest BCUT2D eigenvalue weighted by Gasteiger charge is -2.15. The Kier molecular flexibility index (Phi) is 4.54. The number of rotatable bonds is 4. The minimum Gasteiger partial charge on any atom is -0.478 e. The highest BCUT2D eigenvalue weighted by Crippen LogP contribution is 2.37. The number of aromatic carboxylic acids is 1. The molecule has 0 aliphatic heterocycles. The second-order valence-corrected chi connectivity index (χ2v) is 6.31. The van der Waals surface area contributed by atoms with Crippen molar-refractivity contribution >= 4 is 5.97 Å². The van der Waals surface area contributed by atoms with Crippen molar-refractivity contribution < 1.29 is 9.90 Å². The van der Waals surface area contributed by atoms with Crippen LogP contribution in [0.2, 0.25) is 0 Å². The minimum absolute atomic E-state index is 0.326. The smallest absolute Gasteiger partial charge is 0.336 e. The van der Waals surface area contributed by atoms with Gasteiger partial charge in [0.1, 0.15) is 0 Å². The van der Waals surface area contributed by atoms with Gasteiger partial charge in [-0.1, -0.05) is 103 Å². The quantitative estimate of drug-likeness (QED) is 0.463. The highest BCUT2D eigenvalue weighted by Gasteiger charge is 2.19. The van der Waals surface area contributed by atoms with E-state index in [9.17, 15) is 9.90 Å². The van der Waals surface area contributed by atoms with E-state index in [1.807, 2.05) is 103 Å². The van der Waals surface area contributed by atoms with E-state index in [0.29, 0.717) is 5.56 Å². The van der Waals surface area contributed by atoms with Crippen molar-refractivity contribution in [2.75, 3.05) is 0 Å². The predicted octanol–water partition coefficient (Wildman–Crippen LogP) is 6.39. The second kappa shape index (κ2) is 7.30. The van der Waals surface area contributed by atoms with Crippen LogP contribution in [-0.4, -0.2) is 11.1 Å². The first-order valence-corrected chi connectivity index (χ1v) is 8.82. The van der Waals surface area contributed by atoms with Gasteiger partial charge in [-0.2, -0.15) is 0 Å². The first kappa shape index (κ1) is 16.8. The highest BCUT2D eigenvalue weighted by molar-refractivity contribution is 6.04. The van der Waals surface area contributed by atoms with Crippen LogP contribution in [0.5, 0.6) is 0 Å². The van der Waals surface area contributed by atoms with Gasteiger partial charge in [-0.25, -0.2) is 4.79 Å². The summed E-state index contributed by atoms with van der Waals surface area (Å²) in [4.78, 5) is 12.2. The topological polar surface area (TPSA) is 37.3 Å². The van der Waals surface area contributed by atoms with Crippen molar-refractivity contribution in [3.8, 4) is 33.4 Å². The number of carboxylic acids is 1. The molecule has 0 atom stereocenters. The molecule has 0 aliphatic carbocycles. The summed E-state index contributed by atoms with van der Waals surface area (Å²) in [6.45, 7) is 0. The molecule has 0 bridgehead atoms. The second-order valence-electron chi connectivity index (χ2n) is 6.31. The third-order valence-electron chi connectivity index (χ3n) is 4.67. The van der Waals surface area contributed by atoms with Crippen molar-refractivity contribution in [2.24, 2.45) is 0 Å². The predicted molar refractivity (Wildman–Crippen MR) is 110 cm³/mol. The summed E-state index contributed by atoms with van der Waals surface area (Å²) >= 11 is 0. The molecule has 0 heterocycles. The first-order chi connectivity index (χ1) is 13.3. The summed E-state index contributed by atoms with van der Waals surface area (Å²) in [6, 6.07) is 33.3. The maximum Gasteiger partial charge on any atom is 0.336 e. The summed E-state index contributed by atoms with van der Waals surface area (Å²) in [5.74, 6) is -0.924. The lowest BCUT2D eigenvalue weighted by Crippen LogP contribution is -2.03. The van der Waals surface area contributed by atoms with Crippen molar-refractivity contribution in [2.45, 2.75) is 0 Å². The van der Waals surface area contributed by atoms with Crippen molar-refractivity contribution in [3.63, 3.8) is 0 Å².